The lowest BCUT2D eigenvalue weighted by Crippen LogP contribution is -2.54. The van der Waals surface area contributed by atoms with Crippen LogP contribution in [0.15, 0.2) is 18.2 Å². The summed E-state index contributed by atoms with van der Waals surface area (Å²) >= 11 is 0. The first kappa shape index (κ1) is 19.5. The first-order chi connectivity index (χ1) is 12.9. The molecule has 1 aromatic rings. The number of carbonyl (C=O) groups excluding carboxylic acids is 2. The number of hydrogen-bond acceptors (Lipinski definition) is 3. The van der Waals surface area contributed by atoms with E-state index in [1.807, 2.05) is 48.8 Å². The summed E-state index contributed by atoms with van der Waals surface area (Å²) in [5.41, 5.74) is 1.64. The van der Waals surface area contributed by atoms with E-state index in [2.05, 4.69) is 5.32 Å². The average Bonchev–Trinajstić information content (AvgIpc) is 3.15. The van der Waals surface area contributed by atoms with Crippen molar-refractivity contribution < 1.29 is 14.3 Å². The van der Waals surface area contributed by atoms with E-state index in [0.717, 1.165) is 24.2 Å². The second-order valence-electron chi connectivity index (χ2n) is 7.86. The van der Waals surface area contributed by atoms with Gasteiger partial charge in [0.05, 0.1) is 6.10 Å². The highest BCUT2D eigenvalue weighted by molar-refractivity contribution is 5.94. The van der Waals surface area contributed by atoms with Crippen LogP contribution in [-0.4, -0.2) is 60.1 Å². The van der Waals surface area contributed by atoms with E-state index in [1.165, 1.54) is 12.8 Å². The Labute approximate surface area is 161 Å². The molecule has 0 spiro atoms. The third-order valence-corrected chi connectivity index (χ3v) is 5.32. The topological polar surface area (TPSA) is 61.9 Å². The molecule has 0 aromatic heterocycles. The number of hydrogen-bond donors (Lipinski definition) is 1. The summed E-state index contributed by atoms with van der Waals surface area (Å²) in [5.74, 6) is 0.833. The minimum Gasteiger partial charge on any atom is -0.491 e. The van der Waals surface area contributed by atoms with Crippen molar-refractivity contribution in [3.63, 3.8) is 0 Å². The molecular weight excluding hydrogens is 342 g/mol. The highest BCUT2D eigenvalue weighted by atomic mass is 16.5. The molecule has 0 bridgehead atoms. The molecule has 3 rings (SSSR count). The van der Waals surface area contributed by atoms with Crippen LogP contribution in [0.5, 0.6) is 5.75 Å². The van der Waals surface area contributed by atoms with Gasteiger partial charge in [-0.1, -0.05) is 12.8 Å². The van der Waals surface area contributed by atoms with Crippen molar-refractivity contribution in [3.05, 3.63) is 29.3 Å². The van der Waals surface area contributed by atoms with Crippen LogP contribution in [0.25, 0.3) is 0 Å². The van der Waals surface area contributed by atoms with Gasteiger partial charge in [-0.2, -0.15) is 0 Å². The lowest BCUT2D eigenvalue weighted by molar-refractivity contribution is 0.0663. The maximum absolute atomic E-state index is 12.8. The van der Waals surface area contributed by atoms with Crippen molar-refractivity contribution in [3.8, 4) is 5.75 Å². The zero-order valence-electron chi connectivity index (χ0n) is 16.7. The molecule has 1 saturated heterocycles. The van der Waals surface area contributed by atoms with Crippen molar-refractivity contribution >= 4 is 11.9 Å². The van der Waals surface area contributed by atoms with E-state index in [-0.39, 0.29) is 18.0 Å². The summed E-state index contributed by atoms with van der Waals surface area (Å²) in [5, 5.41) is 3.12. The molecule has 1 heterocycles. The highest BCUT2D eigenvalue weighted by Gasteiger charge is 2.27. The van der Waals surface area contributed by atoms with Crippen LogP contribution in [0.1, 0.15) is 55.5 Å². The zero-order valence-corrected chi connectivity index (χ0v) is 16.7. The van der Waals surface area contributed by atoms with Gasteiger partial charge in [-0.3, -0.25) is 4.79 Å². The molecule has 1 aliphatic carbocycles. The lowest BCUT2D eigenvalue weighted by Gasteiger charge is -2.35. The Morgan fingerprint density at radius 2 is 1.70 bits per heavy atom. The third-order valence-electron chi connectivity index (χ3n) is 5.32. The molecule has 148 valence electrons. The number of nitrogens with zero attached hydrogens (tertiary/aromatic N) is 2. The zero-order chi connectivity index (χ0) is 19.4. The standard InChI is InChI=1S/C21H31N3O3/c1-15(2)27-19-9-8-17(14-16(19)3)20(25)23-10-12-24(13-11-23)21(26)22-18-6-4-5-7-18/h8-9,14-15,18H,4-7,10-13H2,1-3H3,(H,22,26). The lowest BCUT2D eigenvalue weighted by atomic mass is 10.1. The van der Waals surface area contributed by atoms with Crippen molar-refractivity contribution in [1.29, 1.82) is 0 Å². The summed E-state index contributed by atoms with van der Waals surface area (Å²) in [6.45, 7) is 8.23. The van der Waals surface area contributed by atoms with Crippen LogP contribution >= 0.6 is 0 Å². The van der Waals surface area contributed by atoms with Crippen molar-refractivity contribution in [1.82, 2.24) is 15.1 Å². The van der Waals surface area contributed by atoms with Crippen LogP contribution in [0.4, 0.5) is 4.79 Å². The second kappa shape index (κ2) is 8.63. The van der Waals surface area contributed by atoms with Gasteiger partial charge in [-0.15, -0.1) is 0 Å². The number of rotatable bonds is 4. The molecule has 0 radical (unpaired) electrons. The van der Waals surface area contributed by atoms with E-state index in [1.54, 1.807) is 0 Å². The van der Waals surface area contributed by atoms with Crippen LogP contribution < -0.4 is 10.1 Å². The molecule has 2 fully saturated rings. The Bertz CT molecular complexity index is 675. The predicted molar refractivity (Wildman–Crippen MR) is 105 cm³/mol. The van der Waals surface area contributed by atoms with E-state index >= 15 is 0 Å². The molecule has 1 aliphatic heterocycles. The summed E-state index contributed by atoms with van der Waals surface area (Å²) < 4.78 is 5.74. The maximum atomic E-state index is 12.8. The van der Waals surface area contributed by atoms with Crippen LogP contribution in [0, 0.1) is 6.92 Å². The molecule has 2 aliphatic rings. The molecule has 1 saturated carbocycles. The first-order valence-electron chi connectivity index (χ1n) is 10.1. The van der Waals surface area contributed by atoms with Gasteiger partial charge in [0, 0.05) is 37.8 Å². The number of benzene rings is 1. The predicted octanol–water partition coefficient (Wildman–Crippen LogP) is 3.19. The van der Waals surface area contributed by atoms with Crippen molar-refractivity contribution in [2.45, 2.75) is 58.6 Å². The summed E-state index contributed by atoms with van der Waals surface area (Å²) in [6, 6.07) is 5.92. The second-order valence-corrected chi connectivity index (χ2v) is 7.86. The maximum Gasteiger partial charge on any atom is 0.317 e. The molecule has 6 nitrogen and oxygen atoms in total. The molecule has 27 heavy (non-hydrogen) atoms. The number of amides is 3. The Morgan fingerprint density at radius 3 is 2.30 bits per heavy atom. The molecule has 1 aromatic carbocycles. The molecule has 1 N–H and O–H groups in total. The van der Waals surface area contributed by atoms with E-state index in [4.69, 9.17) is 4.74 Å². The van der Waals surface area contributed by atoms with Gasteiger partial charge in [0.2, 0.25) is 0 Å². The van der Waals surface area contributed by atoms with Crippen LogP contribution in [-0.2, 0) is 0 Å². The Balaban J connectivity index is 1.53. The van der Waals surface area contributed by atoms with E-state index in [9.17, 15) is 9.59 Å². The van der Waals surface area contributed by atoms with Gasteiger partial charge in [0.1, 0.15) is 5.75 Å². The molecule has 0 atom stereocenters. The number of carbonyl (C=O) groups is 2. The van der Waals surface area contributed by atoms with E-state index in [0.29, 0.717) is 37.8 Å². The smallest absolute Gasteiger partial charge is 0.317 e. The average molecular weight is 373 g/mol. The first-order valence-corrected chi connectivity index (χ1v) is 10.1. The Kier molecular flexibility index (Phi) is 6.24. The summed E-state index contributed by atoms with van der Waals surface area (Å²) in [7, 11) is 0. The number of aryl methyl sites for hydroxylation is 1. The van der Waals surface area contributed by atoms with E-state index < -0.39 is 0 Å². The SMILES string of the molecule is Cc1cc(C(=O)N2CCN(C(=O)NC3CCCC3)CC2)ccc1OC(C)C. The highest BCUT2D eigenvalue weighted by Crippen LogP contribution is 2.22. The minimum absolute atomic E-state index is 0.0139. The Morgan fingerprint density at radius 1 is 1.07 bits per heavy atom. The minimum atomic E-state index is 0.0139. The van der Waals surface area contributed by atoms with Gasteiger partial charge in [-0.25, -0.2) is 4.79 Å². The summed E-state index contributed by atoms with van der Waals surface area (Å²) in [4.78, 5) is 28.8. The normalized spacial score (nSPS) is 18.1. The Hall–Kier alpha value is -2.24. The fourth-order valence-corrected chi connectivity index (χ4v) is 3.80. The van der Waals surface area contributed by atoms with Gasteiger partial charge in [0.25, 0.3) is 5.91 Å². The third kappa shape index (κ3) is 4.93. The molecule has 6 heteroatoms. The quantitative estimate of drug-likeness (QED) is 0.882. The van der Waals surface area contributed by atoms with Gasteiger partial charge >= 0.3 is 6.03 Å². The van der Waals surface area contributed by atoms with Gasteiger partial charge < -0.3 is 19.9 Å². The van der Waals surface area contributed by atoms with Crippen molar-refractivity contribution in [2.24, 2.45) is 0 Å². The number of ether oxygens (including phenoxy) is 1. The number of piperazine rings is 1. The monoisotopic (exact) mass is 373 g/mol. The largest absolute Gasteiger partial charge is 0.491 e. The molecular formula is C21H31N3O3. The van der Waals surface area contributed by atoms with Crippen LogP contribution in [0.2, 0.25) is 0 Å². The molecule has 0 unspecified atom stereocenters. The van der Waals surface area contributed by atoms with Crippen molar-refractivity contribution in [2.75, 3.05) is 26.2 Å². The van der Waals surface area contributed by atoms with Gasteiger partial charge in [-0.05, 0) is 57.4 Å². The van der Waals surface area contributed by atoms with Gasteiger partial charge in [0.15, 0.2) is 0 Å². The fraction of sp³-hybridized carbons (Fsp3) is 0.619. The number of urea groups is 1. The fourth-order valence-electron chi connectivity index (χ4n) is 3.80. The van der Waals surface area contributed by atoms with Crippen LogP contribution in [0.3, 0.4) is 0 Å². The number of nitrogens with one attached hydrogen (secondary N) is 1. The summed E-state index contributed by atoms with van der Waals surface area (Å²) in [6.07, 6.45) is 4.68. The molecule has 3 amide bonds.